The Hall–Kier alpha value is -3.93. The van der Waals surface area contributed by atoms with Crippen LogP contribution in [0.15, 0.2) is 85.7 Å². The number of benzene rings is 2. The van der Waals surface area contributed by atoms with Crippen molar-refractivity contribution in [1.82, 2.24) is 29.3 Å². The average molecular weight is 380 g/mol. The summed E-state index contributed by atoms with van der Waals surface area (Å²) in [4.78, 5) is 12.5. The van der Waals surface area contributed by atoms with Gasteiger partial charge in [0.2, 0.25) is 0 Å². The molecule has 5 rings (SSSR count). The summed E-state index contributed by atoms with van der Waals surface area (Å²) in [5.74, 6) is 0. The quantitative estimate of drug-likeness (QED) is 0.489. The molecule has 0 unspecified atom stereocenters. The molecule has 0 amide bonds. The van der Waals surface area contributed by atoms with E-state index in [1.54, 1.807) is 6.33 Å². The smallest absolute Gasteiger partial charge is 0.110 e. The Bertz CT molecular complexity index is 1230. The highest BCUT2D eigenvalue weighted by Gasteiger charge is 2.19. The summed E-state index contributed by atoms with van der Waals surface area (Å²) in [5, 5.41) is 4.52. The highest BCUT2D eigenvalue weighted by atomic mass is 15.3. The van der Waals surface area contributed by atoms with E-state index in [4.69, 9.17) is 4.98 Å². The van der Waals surface area contributed by atoms with Gasteiger partial charge in [-0.2, -0.15) is 5.10 Å². The highest BCUT2D eigenvalue weighted by molar-refractivity contribution is 5.77. The highest BCUT2D eigenvalue weighted by Crippen LogP contribution is 2.32. The average Bonchev–Trinajstić information content (AvgIpc) is 3.50. The standard InChI is InChI=1S/C23H20N6/c1-17-21(25-15-24-17)23-22(19-8-4-2-5-9-19)26-16-28(23)13-18-12-27-29(14-18)20-10-6-3-7-11-20/h2-12,14-16H,13H2,1H3,(H,24,25). The van der Waals surface area contributed by atoms with Crippen LogP contribution in [0.4, 0.5) is 0 Å². The number of H-pyrrole nitrogens is 1. The molecule has 5 aromatic rings. The molecule has 3 aromatic heterocycles. The summed E-state index contributed by atoms with van der Waals surface area (Å²) in [6.45, 7) is 2.69. The van der Waals surface area contributed by atoms with Crippen molar-refractivity contribution in [3.05, 3.63) is 97.0 Å². The number of rotatable bonds is 5. The maximum Gasteiger partial charge on any atom is 0.110 e. The first-order chi connectivity index (χ1) is 14.3. The zero-order valence-corrected chi connectivity index (χ0v) is 16.0. The number of nitrogens with one attached hydrogen (secondary N) is 1. The minimum atomic E-state index is 0.661. The number of hydrogen-bond donors (Lipinski definition) is 1. The van der Waals surface area contributed by atoms with Crippen molar-refractivity contribution in [3.8, 4) is 28.3 Å². The fraction of sp³-hybridized carbons (Fsp3) is 0.0870. The van der Waals surface area contributed by atoms with Gasteiger partial charge < -0.3 is 9.55 Å². The number of aromatic nitrogens is 6. The molecule has 6 nitrogen and oxygen atoms in total. The molecule has 0 atom stereocenters. The van der Waals surface area contributed by atoms with Crippen LogP contribution < -0.4 is 0 Å². The Kier molecular flexibility index (Phi) is 4.29. The summed E-state index contributed by atoms with van der Waals surface area (Å²) in [6.07, 6.45) is 7.56. The topological polar surface area (TPSA) is 64.3 Å². The van der Waals surface area contributed by atoms with E-state index in [-0.39, 0.29) is 0 Å². The Labute approximate surface area is 168 Å². The fourth-order valence-corrected chi connectivity index (χ4v) is 3.52. The summed E-state index contributed by atoms with van der Waals surface area (Å²) in [7, 11) is 0. The van der Waals surface area contributed by atoms with E-state index >= 15 is 0 Å². The van der Waals surface area contributed by atoms with Crippen LogP contribution in [0, 0.1) is 6.92 Å². The van der Waals surface area contributed by atoms with Crippen molar-refractivity contribution in [2.24, 2.45) is 0 Å². The zero-order chi connectivity index (χ0) is 19.6. The van der Waals surface area contributed by atoms with Crippen LogP contribution in [-0.4, -0.2) is 29.3 Å². The normalized spacial score (nSPS) is 11.1. The molecule has 0 saturated heterocycles. The Morgan fingerprint density at radius 3 is 2.38 bits per heavy atom. The van der Waals surface area contributed by atoms with Gasteiger partial charge in [0.15, 0.2) is 0 Å². The molecule has 0 saturated carbocycles. The first kappa shape index (κ1) is 17.2. The number of nitrogens with zero attached hydrogens (tertiary/aromatic N) is 5. The van der Waals surface area contributed by atoms with Gasteiger partial charge in [-0.05, 0) is 19.1 Å². The van der Waals surface area contributed by atoms with Gasteiger partial charge in [-0.15, -0.1) is 0 Å². The summed E-state index contributed by atoms with van der Waals surface area (Å²) in [6, 6.07) is 20.3. The lowest BCUT2D eigenvalue weighted by Crippen LogP contribution is -2.01. The van der Waals surface area contributed by atoms with Crippen LogP contribution >= 0.6 is 0 Å². The van der Waals surface area contributed by atoms with Crippen molar-refractivity contribution >= 4 is 0 Å². The first-order valence-electron chi connectivity index (χ1n) is 9.49. The molecule has 0 spiro atoms. The molecular formula is C23H20N6. The van der Waals surface area contributed by atoms with Gasteiger partial charge in [-0.25, -0.2) is 14.6 Å². The largest absolute Gasteiger partial charge is 0.348 e. The van der Waals surface area contributed by atoms with Crippen LogP contribution in [0.5, 0.6) is 0 Å². The SMILES string of the molecule is Cc1[nH]cnc1-c1c(-c2ccccc2)ncn1Cc1cnn(-c2ccccc2)c1. The van der Waals surface area contributed by atoms with E-state index in [1.165, 1.54) is 0 Å². The molecule has 0 aliphatic heterocycles. The Morgan fingerprint density at radius 1 is 0.897 bits per heavy atom. The first-order valence-corrected chi connectivity index (χ1v) is 9.49. The number of imidazole rings is 2. The second-order valence-electron chi connectivity index (χ2n) is 6.94. The van der Waals surface area contributed by atoms with Gasteiger partial charge >= 0.3 is 0 Å². The van der Waals surface area contributed by atoms with Crippen LogP contribution in [0.1, 0.15) is 11.3 Å². The minimum Gasteiger partial charge on any atom is -0.348 e. The summed E-state index contributed by atoms with van der Waals surface area (Å²) in [5.41, 5.74) is 7.07. The van der Waals surface area contributed by atoms with Crippen LogP contribution in [0.2, 0.25) is 0 Å². The molecule has 142 valence electrons. The van der Waals surface area contributed by atoms with E-state index in [1.807, 2.05) is 72.7 Å². The van der Waals surface area contributed by atoms with Gasteiger partial charge in [0.05, 0.1) is 42.5 Å². The lowest BCUT2D eigenvalue weighted by Gasteiger charge is -2.09. The van der Waals surface area contributed by atoms with Gasteiger partial charge in [0.1, 0.15) is 5.69 Å². The van der Waals surface area contributed by atoms with Crippen molar-refractivity contribution in [2.75, 3.05) is 0 Å². The van der Waals surface area contributed by atoms with Crippen molar-refractivity contribution < 1.29 is 0 Å². The minimum absolute atomic E-state index is 0.661. The fourth-order valence-electron chi connectivity index (χ4n) is 3.52. The molecule has 0 aliphatic carbocycles. The predicted octanol–water partition coefficient (Wildman–Crippen LogP) is 4.48. The van der Waals surface area contributed by atoms with Gasteiger partial charge in [-0.3, -0.25) is 0 Å². The number of hydrogen-bond acceptors (Lipinski definition) is 3. The van der Waals surface area contributed by atoms with Crippen LogP contribution in [0.3, 0.4) is 0 Å². The molecule has 0 fully saturated rings. The molecule has 29 heavy (non-hydrogen) atoms. The van der Waals surface area contributed by atoms with Gasteiger partial charge in [0, 0.05) is 23.0 Å². The molecule has 0 radical (unpaired) electrons. The van der Waals surface area contributed by atoms with E-state index in [9.17, 15) is 0 Å². The molecule has 0 bridgehead atoms. The van der Waals surface area contributed by atoms with E-state index in [0.717, 1.165) is 39.6 Å². The van der Waals surface area contributed by atoms with E-state index in [2.05, 4.69) is 38.0 Å². The maximum absolute atomic E-state index is 4.73. The van der Waals surface area contributed by atoms with Crippen molar-refractivity contribution in [3.63, 3.8) is 0 Å². The van der Waals surface area contributed by atoms with Crippen LogP contribution in [-0.2, 0) is 6.54 Å². The molecular weight excluding hydrogens is 360 g/mol. The lowest BCUT2D eigenvalue weighted by atomic mass is 10.1. The third-order valence-electron chi connectivity index (χ3n) is 4.95. The molecule has 6 heteroatoms. The van der Waals surface area contributed by atoms with E-state index < -0.39 is 0 Å². The third-order valence-corrected chi connectivity index (χ3v) is 4.95. The van der Waals surface area contributed by atoms with Crippen molar-refractivity contribution in [2.45, 2.75) is 13.5 Å². The van der Waals surface area contributed by atoms with Gasteiger partial charge in [0.25, 0.3) is 0 Å². The Balaban J connectivity index is 1.55. The molecule has 3 heterocycles. The van der Waals surface area contributed by atoms with Gasteiger partial charge in [-0.1, -0.05) is 48.5 Å². The molecule has 0 aliphatic rings. The Morgan fingerprint density at radius 2 is 1.66 bits per heavy atom. The summed E-state index contributed by atoms with van der Waals surface area (Å²) >= 11 is 0. The zero-order valence-electron chi connectivity index (χ0n) is 16.0. The second kappa shape index (κ2) is 7.24. The third kappa shape index (κ3) is 3.25. The maximum atomic E-state index is 4.73. The lowest BCUT2D eigenvalue weighted by molar-refractivity contribution is 0.801. The number of aromatic amines is 1. The van der Waals surface area contributed by atoms with Crippen molar-refractivity contribution in [1.29, 1.82) is 0 Å². The predicted molar refractivity (Wildman–Crippen MR) is 113 cm³/mol. The summed E-state index contributed by atoms with van der Waals surface area (Å²) < 4.78 is 4.03. The molecule has 1 N–H and O–H groups in total. The van der Waals surface area contributed by atoms with Crippen LogP contribution in [0.25, 0.3) is 28.3 Å². The second-order valence-corrected chi connectivity index (χ2v) is 6.94. The monoisotopic (exact) mass is 380 g/mol. The number of para-hydroxylation sites is 1. The number of aryl methyl sites for hydroxylation is 1. The molecule has 2 aromatic carbocycles. The van der Waals surface area contributed by atoms with E-state index in [0.29, 0.717) is 6.54 Å².